The van der Waals surface area contributed by atoms with Gasteiger partial charge in [0, 0.05) is 0 Å². The maximum Gasteiger partial charge on any atom is -0.0253 e. The number of halogens is 8. The summed E-state index contributed by atoms with van der Waals surface area (Å²) in [7, 11) is 0. The summed E-state index contributed by atoms with van der Waals surface area (Å²) in [5.74, 6) is 0. The predicted molar refractivity (Wildman–Crippen MR) is 142 cm³/mol. The Labute approximate surface area is 267 Å². The van der Waals surface area contributed by atoms with Crippen LogP contribution in [0.4, 0.5) is 26.3 Å². The molecule has 0 atom stereocenters. The van der Waals surface area contributed by atoms with Gasteiger partial charge in [0.15, 0.2) is 0 Å². The average molecular weight is 782 g/mol. The molecule has 0 saturated carbocycles. The molecule has 0 unspecified atom stereocenters. The minimum atomic E-state index is -4.48. The third kappa shape index (κ3) is 9.32. The van der Waals surface area contributed by atoms with Crippen molar-refractivity contribution < 1.29 is 75.0 Å². The first-order chi connectivity index (χ1) is 19.0. The summed E-state index contributed by atoms with van der Waals surface area (Å²) in [6.07, 6.45) is -7.91. The van der Waals surface area contributed by atoms with Gasteiger partial charge >= 0.3 is 137 Å². The van der Waals surface area contributed by atoms with E-state index in [1.165, 1.54) is 46.5 Å². The Morgan fingerprint density at radius 1 is 0.643 bits per heavy atom. The normalized spacial score (nSPS) is 11.2. The zero-order valence-electron chi connectivity index (χ0n) is 21.8. The van der Waals surface area contributed by atoms with Crippen molar-refractivity contribution in [3.63, 3.8) is 0 Å². The molecule has 0 fully saturated rings. The van der Waals surface area contributed by atoms with Gasteiger partial charge in [0.25, 0.3) is 0 Å². The van der Waals surface area contributed by atoms with Crippen molar-refractivity contribution in [3.8, 4) is 11.1 Å². The fraction of sp³-hybridized carbons (Fsp3) is 0.0909. The van der Waals surface area contributed by atoms with Crippen molar-refractivity contribution in [1.29, 1.82) is 0 Å². The molecular formula is C33H22Cl2F6Hf-2. The van der Waals surface area contributed by atoms with Gasteiger partial charge in [-0.15, -0.1) is 5.56 Å². The molecule has 1 aliphatic rings. The van der Waals surface area contributed by atoms with Crippen LogP contribution in [0.3, 0.4) is 0 Å². The Bertz CT molecular complexity index is 1450. The maximum atomic E-state index is 12.7. The second-order valence-electron chi connectivity index (χ2n) is 8.89. The van der Waals surface area contributed by atoms with Crippen molar-refractivity contribution >= 4 is 3.26 Å². The van der Waals surface area contributed by atoms with Crippen molar-refractivity contribution in [1.82, 2.24) is 0 Å². The van der Waals surface area contributed by atoms with E-state index in [9.17, 15) is 26.3 Å². The monoisotopic (exact) mass is 782 g/mol. The molecule has 0 nitrogen and oxygen atoms in total. The molecule has 6 rings (SSSR count). The third-order valence-electron chi connectivity index (χ3n) is 6.13. The van der Waals surface area contributed by atoms with E-state index in [2.05, 4.69) is 42.5 Å². The summed E-state index contributed by atoms with van der Waals surface area (Å²) >= 11 is 0.316. The fourth-order valence-corrected chi connectivity index (χ4v) is 5.30. The van der Waals surface area contributed by atoms with Gasteiger partial charge in [-0.2, -0.15) is 48.0 Å². The summed E-state index contributed by atoms with van der Waals surface area (Å²) in [4.78, 5) is 0. The summed E-state index contributed by atoms with van der Waals surface area (Å²) in [6.45, 7) is 0. The van der Waals surface area contributed by atoms with Crippen LogP contribution in [0.25, 0.3) is 11.1 Å². The number of hydrogen-bond acceptors (Lipinski definition) is 0. The van der Waals surface area contributed by atoms with Gasteiger partial charge in [0.1, 0.15) is 0 Å². The summed E-state index contributed by atoms with van der Waals surface area (Å²) in [5.41, 5.74) is 4.47. The van der Waals surface area contributed by atoms with E-state index >= 15 is 0 Å². The molecule has 42 heavy (non-hydrogen) atoms. The smallest absolute Gasteiger partial charge is 0.0253 e. The number of fused-ring (bicyclic) bond motifs is 3. The SMILES string of the molecule is FC(F)(F)c1cccc([C](=[Hf+2])c2cccc(C(F)(F)F)c2)c1.[Cl-].[Cl-].[c-]1cccc2c1Cc1ccccc1-2.c1cc[cH-]c1. The largest absolute Gasteiger partial charge is 1.00 e. The second kappa shape index (κ2) is 15.6. The van der Waals surface area contributed by atoms with Crippen LogP contribution in [-0.2, 0) is 42.7 Å². The summed E-state index contributed by atoms with van der Waals surface area (Å²) < 4.78 is 76.7. The molecule has 9 heteroatoms. The Hall–Kier alpha value is -2.87. The van der Waals surface area contributed by atoms with Gasteiger partial charge in [0.05, 0.1) is 0 Å². The van der Waals surface area contributed by atoms with Crippen LogP contribution in [0.15, 0.2) is 121 Å². The fourth-order valence-electron chi connectivity index (χ4n) is 4.19. The Morgan fingerprint density at radius 2 is 1.17 bits per heavy atom. The molecule has 5 aromatic rings. The molecule has 216 valence electrons. The molecule has 0 saturated heterocycles. The van der Waals surface area contributed by atoms with Gasteiger partial charge in [-0.1, -0.05) is 35.4 Å². The summed E-state index contributed by atoms with van der Waals surface area (Å²) in [6, 6.07) is 37.3. The number of hydrogen-bond donors (Lipinski definition) is 0. The van der Waals surface area contributed by atoms with Crippen LogP contribution in [0.5, 0.6) is 0 Å². The molecule has 0 N–H and O–H groups in total. The predicted octanol–water partition coefficient (Wildman–Crippen LogP) is 3.31. The minimum Gasteiger partial charge on any atom is -1.00 e. The quantitative estimate of drug-likeness (QED) is 0.144. The molecule has 0 bridgehead atoms. The first-order valence-electron chi connectivity index (χ1n) is 12.2. The van der Waals surface area contributed by atoms with Gasteiger partial charge in [0.2, 0.25) is 0 Å². The third-order valence-corrected chi connectivity index (χ3v) is 8.20. The average Bonchev–Trinajstić information content (AvgIpc) is 3.64. The number of rotatable bonds is 2. The minimum absolute atomic E-state index is 0. The van der Waals surface area contributed by atoms with Crippen LogP contribution in [-0.4, -0.2) is 3.26 Å². The molecule has 0 aliphatic heterocycles. The van der Waals surface area contributed by atoms with E-state index < -0.39 is 23.5 Å². The molecule has 0 amide bonds. The Morgan fingerprint density at radius 3 is 1.67 bits per heavy atom. The molecule has 5 aromatic carbocycles. The van der Waals surface area contributed by atoms with E-state index in [0.717, 1.165) is 30.7 Å². The zero-order valence-corrected chi connectivity index (χ0v) is 26.9. The standard InChI is InChI=1S/C15H8F6.C13H9.C5H5.2ClH.Hf/c16-14(17,18)12-5-1-3-10(8-12)7-11-4-2-6-13(9-11)15(19,20)21;1-3-7-12-10(5-1)9-11-6-2-4-8-13(11)12;1-2-4-5-3-1;;;/h1-6,8-9H;1-5,7-8H,9H2;1-5H;2*1H;/q;2*-1;;;+2/p-2. The zero-order chi connectivity index (χ0) is 28.8. The Balaban J connectivity index is 0.000000258. The maximum absolute atomic E-state index is 12.7. The van der Waals surface area contributed by atoms with E-state index in [0.29, 0.717) is 38.3 Å². The van der Waals surface area contributed by atoms with E-state index in [4.69, 9.17) is 0 Å². The number of alkyl halides is 6. The number of benzene rings is 4. The topological polar surface area (TPSA) is 0 Å². The molecule has 0 aromatic heterocycles. The summed E-state index contributed by atoms with van der Waals surface area (Å²) in [5, 5.41) is 0. The van der Waals surface area contributed by atoms with Crippen molar-refractivity contribution in [2.45, 2.75) is 18.8 Å². The van der Waals surface area contributed by atoms with Gasteiger partial charge in [-0.25, -0.2) is 12.1 Å². The molecule has 0 radical (unpaired) electrons. The van der Waals surface area contributed by atoms with Crippen LogP contribution >= 0.6 is 0 Å². The van der Waals surface area contributed by atoms with E-state index in [1.54, 1.807) is 0 Å². The van der Waals surface area contributed by atoms with Crippen molar-refractivity contribution in [2.24, 2.45) is 0 Å². The van der Waals surface area contributed by atoms with Crippen LogP contribution in [0.1, 0.15) is 33.4 Å². The van der Waals surface area contributed by atoms with Gasteiger partial charge in [-0.3, -0.25) is 0 Å². The first kappa shape index (κ1) is 35.3. The molecule has 0 spiro atoms. The Kier molecular flexibility index (Phi) is 13.1. The van der Waals surface area contributed by atoms with E-state index in [-0.39, 0.29) is 24.8 Å². The van der Waals surface area contributed by atoms with Crippen LogP contribution < -0.4 is 24.8 Å². The van der Waals surface area contributed by atoms with Gasteiger partial charge < -0.3 is 24.8 Å². The molecule has 1 aliphatic carbocycles. The second-order valence-corrected chi connectivity index (χ2v) is 10.7. The van der Waals surface area contributed by atoms with Crippen LogP contribution in [0.2, 0.25) is 0 Å². The van der Waals surface area contributed by atoms with Gasteiger partial charge in [-0.05, 0) is 6.42 Å². The molecular weight excluding hydrogens is 760 g/mol. The van der Waals surface area contributed by atoms with E-state index in [1.807, 2.05) is 36.4 Å². The van der Waals surface area contributed by atoms with Crippen molar-refractivity contribution in [3.05, 3.63) is 161 Å². The molecule has 0 heterocycles. The first-order valence-corrected chi connectivity index (χ1v) is 14.0. The van der Waals surface area contributed by atoms with Crippen LogP contribution in [0, 0.1) is 6.07 Å². The van der Waals surface area contributed by atoms with Crippen molar-refractivity contribution in [2.75, 3.05) is 0 Å².